The average Bonchev–Trinajstić information content (AvgIpc) is 2.17. The highest BCUT2D eigenvalue weighted by Crippen LogP contribution is 2.02. The van der Waals surface area contributed by atoms with E-state index in [0.717, 1.165) is 13.0 Å². The highest BCUT2D eigenvalue weighted by molar-refractivity contribution is 6.29. The summed E-state index contributed by atoms with van der Waals surface area (Å²) < 4.78 is 1.84. The molecule has 0 unspecified atom stereocenters. The largest absolute Gasteiger partial charge is 0.271 e. The van der Waals surface area contributed by atoms with E-state index in [1.54, 1.807) is 6.07 Å². The molecule has 0 atom stereocenters. The maximum absolute atomic E-state index is 5.56. The summed E-state index contributed by atoms with van der Waals surface area (Å²) in [4.78, 5) is 0. The van der Waals surface area contributed by atoms with Crippen LogP contribution >= 0.6 is 11.6 Å². The van der Waals surface area contributed by atoms with Gasteiger partial charge in [0.25, 0.3) is 0 Å². The van der Waals surface area contributed by atoms with Gasteiger partial charge in [0, 0.05) is 12.7 Å². The molecular weight excluding hydrogens is 136 g/mol. The molecule has 1 aromatic rings. The fraction of sp³-hybridized carbons (Fsp3) is 0.500. The van der Waals surface area contributed by atoms with Crippen molar-refractivity contribution in [2.24, 2.45) is 0 Å². The molecule has 0 amide bonds. The molecular formula is C6H9ClN2. The van der Waals surface area contributed by atoms with Crippen LogP contribution in [0.25, 0.3) is 0 Å². The summed E-state index contributed by atoms with van der Waals surface area (Å²) in [6, 6.07) is 1.79. The molecule has 50 valence electrons. The minimum absolute atomic E-state index is 0.573. The van der Waals surface area contributed by atoms with Gasteiger partial charge in [-0.1, -0.05) is 18.5 Å². The molecule has 0 aliphatic carbocycles. The Labute approximate surface area is 59.4 Å². The van der Waals surface area contributed by atoms with Crippen molar-refractivity contribution in [2.45, 2.75) is 19.9 Å². The Kier molecular flexibility index (Phi) is 2.11. The van der Waals surface area contributed by atoms with Gasteiger partial charge in [0.2, 0.25) is 0 Å². The summed E-state index contributed by atoms with van der Waals surface area (Å²) >= 11 is 5.56. The average molecular weight is 145 g/mol. The predicted octanol–water partition coefficient (Wildman–Crippen LogP) is 1.95. The molecule has 1 aromatic heterocycles. The Hall–Kier alpha value is -0.500. The summed E-state index contributed by atoms with van der Waals surface area (Å²) in [6.45, 7) is 3.06. The molecule has 0 aromatic carbocycles. The molecule has 2 nitrogen and oxygen atoms in total. The van der Waals surface area contributed by atoms with Gasteiger partial charge in [0.1, 0.15) is 0 Å². The van der Waals surface area contributed by atoms with E-state index < -0.39 is 0 Å². The van der Waals surface area contributed by atoms with Crippen LogP contribution in [0.2, 0.25) is 5.15 Å². The number of aryl methyl sites for hydroxylation is 1. The van der Waals surface area contributed by atoms with Crippen molar-refractivity contribution < 1.29 is 0 Å². The molecule has 9 heavy (non-hydrogen) atoms. The Morgan fingerprint density at radius 2 is 2.56 bits per heavy atom. The van der Waals surface area contributed by atoms with E-state index in [1.165, 1.54) is 0 Å². The second-order valence-electron chi connectivity index (χ2n) is 1.90. The zero-order valence-electron chi connectivity index (χ0n) is 5.34. The zero-order valence-corrected chi connectivity index (χ0v) is 6.10. The van der Waals surface area contributed by atoms with Crippen LogP contribution in [-0.4, -0.2) is 9.78 Å². The first-order valence-electron chi connectivity index (χ1n) is 3.02. The van der Waals surface area contributed by atoms with Crippen LogP contribution in [0.1, 0.15) is 13.3 Å². The molecule has 0 radical (unpaired) electrons. The smallest absolute Gasteiger partial charge is 0.151 e. The van der Waals surface area contributed by atoms with Crippen LogP contribution in [0.3, 0.4) is 0 Å². The molecule has 0 bridgehead atoms. The van der Waals surface area contributed by atoms with Gasteiger partial charge in [-0.25, -0.2) is 0 Å². The molecule has 0 aliphatic rings. The van der Waals surface area contributed by atoms with E-state index in [-0.39, 0.29) is 0 Å². The van der Waals surface area contributed by atoms with Crippen molar-refractivity contribution in [3.05, 3.63) is 17.4 Å². The van der Waals surface area contributed by atoms with Crippen LogP contribution in [-0.2, 0) is 6.54 Å². The number of hydrogen-bond acceptors (Lipinski definition) is 1. The highest BCUT2D eigenvalue weighted by atomic mass is 35.5. The van der Waals surface area contributed by atoms with E-state index >= 15 is 0 Å². The molecule has 1 rings (SSSR count). The Morgan fingerprint density at radius 3 is 3.00 bits per heavy atom. The van der Waals surface area contributed by atoms with Crippen molar-refractivity contribution in [1.29, 1.82) is 0 Å². The molecule has 1 heterocycles. The van der Waals surface area contributed by atoms with Crippen LogP contribution in [0, 0.1) is 0 Å². The summed E-state index contributed by atoms with van der Waals surface area (Å²) in [5.41, 5.74) is 0. The van der Waals surface area contributed by atoms with E-state index in [9.17, 15) is 0 Å². The summed E-state index contributed by atoms with van der Waals surface area (Å²) in [7, 11) is 0. The van der Waals surface area contributed by atoms with Gasteiger partial charge in [-0.3, -0.25) is 4.68 Å². The third-order valence-electron chi connectivity index (χ3n) is 1.06. The van der Waals surface area contributed by atoms with Crippen LogP contribution in [0.5, 0.6) is 0 Å². The SMILES string of the molecule is CCCn1ccc(Cl)n1. The number of rotatable bonds is 2. The normalized spacial score (nSPS) is 10.0. The lowest BCUT2D eigenvalue weighted by molar-refractivity contribution is 0.603. The van der Waals surface area contributed by atoms with Crippen LogP contribution < -0.4 is 0 Å². The Bertz CT molecular complexity index is 183. The Balaban J connectivity index is 2.61. The van der Waals surface area contributed by atoms with Gasteiger partial charge in [0.15, 0.2) is 5.15 Å². The van der Waals surface area contributed by atoms with Crippen LogP contribution in [0.4, 0.5) is 0 Å². The number of aromatic nitrogens is 2. The lowest BCUT2D eigenvalue weighted by atomic mass is 10.5. The van der Waals surface area contributed by atoms with Crippen molar-refractivity contribution in [3.63, 3.8) is 0 Å². The van der Waals surface area contributed by atoms with Gasteiger partial charge in [-0.2, -0.15) is 5.10 Å². The fourth-order valence-electron chi connectivity index (χ4n) is 0.691. The molecule has 0 aliphatic heterocycles. The topological polar surface area (TPSA) is 17.8 Å². The maximum Gasteiger partial charge on any atom is 0.151 e. The standard InChI is InChI=1S/C6H9ClN2/c1-2-4-9-5-3-6(7)8-9/h3,5H,2,4H2,1H3. The quantitative estimate of drug-likeness (QED) is 0.621. The first-order valence-corrected chi connectivity index (χ1v) is 3.39. The molecule has 0 spiro atoms. The first kappa shape index (κ1) is 6.62. The van der Waals surface area contributed by atoms with Crippen molar-refractivity contribution in [2.75, 3.05) is 0 Å². The fourth-order valence-corrected chi connectivity index (χ4v) is 0.844. The van der Waals surface area contributed by atoms with Gasteiger partial charge >= 0.3 is 0 Å². The zero-order chi connectivity index (χ0) is 6.69. The second kappa shape index (κ2) is 2.87. The van der Waals surface area contributed by atoms with E-state index in [0.29, 0.717) is 5.15 Å². The van der Waals surface area contributed by atoms with E-state index in [1.807, 2.05) is 10.9 Å². The van der Waals surface area contributed by atoms with Gasteiger partial charge in [-0.05, 0) is 12.5 Å². The van der Waals surface area contributed by atoms with Gasteiger partial charge in [-0.15, -0.1) is 0 Å². The maximum atomic E-state index is 5.56. The van der Waals surface area contributed by atoms with Crippen molar-refractivity contribution >= 4 is 11.6 Å². The summed E-state index contributed by atoms with van der Waals surface area (Å²) in [5.74, 6) is 0. The first-order chi connectivity index (χ1) is 4.33. The molecule has 0 fully saturated rings. The molecule has 3 heteroatoms. The van der Waals surface area contributed by atoms with Crippen LogP contribution in [0.15, 0.2) is 12.3 Å². The van der Waals surface area contributed by atoms with Crippen molar-refractivity contribution in [1.82, 2.24) is 9.78 Å². The van der Waals surface area contributed by atoms with Gasteiger partial charge < -0.3 is 0 Å². The minimum atomic E-state index is 0.573. The summed E-state index contributed by atoms with van der Waals surface area (Å²) in [5, 5.41) is 4.56. The summed E-state index contributed by atoms with van der Waals surface area (Å²) in [6.07, 6.45) is 2.98. The number of hydrogen-bond donors (Lipinski definition) is 0. The minimum Gasteiger partial charge on any atom is -0.271 e. The third-order valence-corrected chi connectivity index (χ3v) is 1.26. The molecule has 0 saturated carbocycles. The lowest BCUT2D eigenvalue weighted by Gasteiger charge is -1.93. The van der Waals surface area contributed by atoms with E-state index in [2.05, 4.69) is 12.0 Å². The molecule has 0 saturated heterocycles. The van der Waals surface area contributed by atoms with Gasteiger partial charge in [0.05, 0.1) is 0 Å². The van der Waals surface area contributed by atoms with E-state index in [4.69, 9.17) is 11.6 Å². The highest BCUT2D eigenvalue weighted by Gasteiger charge is 1.90. The number of nitrogens with zero attached hydrogens (tertiary/aromatic N) is 2. The second-order valence-corrected chi connectivity index (χ2v) is 2.29. The number of halogens is 1. The lowest BCUT2D eigenvalue weighted by Crippen LogP contribution is -1.95. The monoisotopic (exact) mass is 144 g/mol. The Morgan fingerprint density at radius 1 is 1.78 bits per heavy atom. The molecule has 0 N–H and O–H groups in total. The van der Waals surface area contributed by atoms with Crippen molar-refractivity contribution in [3.8, 4) is 0 Å². The predicted molar refractivity (Wildman–Crippen MR) is 37.5 cm³/mol. The third kappa shape index (κ3) is 1.72.